The van der Waals surface area contributed by atoms with Crippen LogP contribution in [0.2, 0.25) is 0 Å². The Morgan fingerprint density at radius 1 is 0.920 bits per heavy atom. The van der Waals surface area contributed by atoms with Crippen LogP contribution in [0.25, 0.3) is 11.1 Å². The number of nitrogens with zero attached hydrogens (tertiary/aromatic N) is 1. The molecule has 2 aromatic rings. The van der Waals surface area contributed by atoms with Crippen LogP contribution in [0, 0.1) is 0 Å². The molecule has 0 saturated carbocycles. The number of amides is 1. The quantitative estimate of drug-likeness (QED) is 0.778. The Morgan fingerprint density at radius 2 is 1.48 bits per heavy atom. The molecule has 3 nitrogen and oxygen atoms in total. The standard InChI is InChI=1S/C22H30N2O/c1-5-24(6-2)17(3)16-23-22(25)18(4)19-12-14-21(15-13-19)20-10-8-7-9-11-20/h7-15,17-18H,5-6,16H2,1-4H3,(H,23,25). The number of nitrogens with one attached hydrogen (secondary N) is 1. The van der Waals surface area contributed by atoms with Crippen LogP contribution in [0.5, 0.6) is 0 Å². The zero-order valence-corrected chi connectivity index (χ0v) is 15.8. The minimum atomic E-state index is -0.145. The van der Waals surface area contributed by atoms with E-state index in [2.05, 4.69) is 67.4 Å². The predicted molar refractivity (Wildman–Crippen MR) is 106 cm³/mol. The molecule has 2 atom stereocenters. The molecule has 1 N–H and O–H groups in total. The third kappa shape index (κ3) is 5.17. The zero-order chi connectivity index (χ0) is 18.2. The van der Waals surface area contributed by atoms with Gasteiger partial charge in [0.2, 0.25) is 5.91 Å². The van der Waals surface area contributed by atoms with E-state index in [1.807, 2.05) is 25.1 Å². The SMILES string of the molecule is CCN(CC)C(C)CNC(=O)C(C)c1ccc(-c2ccccc2)cc1. The monoisotopic (exact) mass is 338 g/mol. The summed E-state index contributed by atoms with van der Waals surface area (Å²) in [5.41, 5.74) is 3.42. The predicted octanol–water partition coefficient (Wildman–Crippen LogP) is 4.30. The topological polar surface area (TPSA) is 32.3 Å². The van der Waals surface area contributed by atoms with Crippen molar-refractivity contribution in [3.8, 4) is 11.1 Å². The molecule has 2 rings (SSSR count). The Kier molecular flexibility index (Phi) is 7.20. The summed E-state index contributed by atoms with van der Waals surface area (Å²) in [6.45, 7) is 11.1. The van der Waals surface area contributed by atoms with E-state index in [1.54, 1.807) is 0 Å². The molecule has 0 aliphatic heterocycles. The van der Waals surface area contributed by atoms with Gasteiger partial charge in [-0.05, 0) is 43.6 Å². The summed E-state index contributed by atoms with van der Waals surface area (Å²) in [6, 6.07) is 18.9. The van der Waals surface area contributed by atoms with Gasteiger partial charge in [-0.1, -0.05) is 68.4 Å². The fourth-order valence-corrected chi connectivity index (χ4v) is 3.12. The Balaban J connectivity index is 1.95. The highest BCUT2D eigenvalue weighted by atomic mass is 16.1. The highest BCUT2D eigenvalue weighted by Crippen LogP contribution is 2.22. The molecule has 25 heavy (non-hydrogen) atoms. The molecule has 2 aromatic carbocycles. The third-order valence-corrected chi connectivity index (χ3v) is 4.92. The van der Waals surface area contributed by atoms with E-state index < -0.39 is 0 Å². The van der Waals surface area contributed by atoms with Gasteiger partial charge in [0.05, 0.1) is 5.92 Å². The zero-order valence-electron chi connectivity index (χ0n) is 15.8. The van der Waals surface area contributed by atoms with Crippen LogP contribution in [0.1, 0.15) is 39.2 Å². The van der Waals surface area contributed by atoms with E-state index in [0.717, 1.165) is 18.7 Å². The van der Waals surface area contributed by atoms with Crippen molar-refractivity contribution in [2.24, 2.45) is 0 Å². The number of hydrogen-bond donors (Lipinski definition) is 1. The van der Waals surface area contributed by atoms with E-state index in [0.29, 0.717) is 12.6 Å². The number of rotatable bonds is 8. The molecular weight excluding hydrogens is 308 g/mol. The first-order valence-electron chi connectivity index (χ1n) is 9.23. The van der Waals surface area contributed by atoms with Crippen molar-refractivity contribution < 1.29 is 4.79 Å². The van der Waals surface area contributed by atoms with E-state index in [1.165, 1.54) is 11.1 Å². The van der Waals surface area contributed by atoms with Crippen molar-refractivity contribution in [2.45, 2.75) is 39.7 Å². The van der Waals surface area contributed by atoms with E-state index in [9.17, 15) is 4.79 Å². The Labute approximate surface area is 152 Å². The van der Waals surface area contributed by atoms with Crippen LogP contribution >= 0.6 is 0 Å². The molecule has 0 saturated heterocycles. The highest BCUT2D eigenvalue weighted by molar-refractivity contribution is 5.83. The summed E-state index contributed by atoms with van der Waals surface area (Å²) in [4.78, 5) is 14.8. The van der Waals surface area contributed by atoms with Gasteiger partial charge in [-0.2, -0.15) is 0 Å². The average Bonchev–Trinajstić information content (AvgIpc) is 2.67. The van der Waals surface area contributed by atoms with E-state index >= 15 is 0 Å². The second kappa shape index (κ2) is 9.38. The average molecular weight is 338 g/mol. The smallest absolute Gasteiger partial charge is 0.227 e. The number of hydrogen-bond acceptors (Lipinski definition) is 2. The van der Waals surface area contributed by atoms with Crippen molar-refractivity contribution in [2.75, 3.05) is 19.6 Å². The molecule has 0 aliphatic rings. The van der Waals surface area contributed by atoms with E-state index in [-0.39, 0.29) is 11.8 Å². The maximum absolute atomic E-state index is 12.5. The summed E-state index contributed by atoms with van der Waals surface area (Å²) < 4.78 is 0. The number of benzene rings is 2. The van der Waals surface area contributed by atoms with Gasteiger partial charge in [-0.25, -0.2) is 0 Å². The normalized spacial score (nSPS) is 13.5. The fraction of sp³-hybridized carbons (Fsp3) is 0.409. The largest absolute Gasteiger partial charge is 0.354 e. The molecule has 0 heterocycles. The Hall–Kier alpha value is -2.13. The number of carbonyl (C=O) groups is 1. The van der Waals surface area contributed by atoms with Crippen LogP contribution in [0.15, 0.2) is 54.6 Å². The summed E-state index contributed by atoms with van der Waals surface area (Å²) >= 11 is 0. The summed E-state index contributed by atoms with van der Waals surface area (Å²) in [5.74, 6) is -0.0554. The summed E-state index contributed by atoms with van der Waals surface area (Å²) in [7, 11) is 0. The van der Waals surface area contributed by atoms with Crippen molar-refractivity contribution in [3.63, 3.8) is 0 Å². The van der Waals surface area contributed by atoms with Gasteiger partial charge in [-0.3, -0.25) is 9.69 Å². The fourth-order valence-electron chi connectivity index (χ4n) is 3.12. The summed E-state index contributed by atoms with van der Waals surface area (Å²) in [6.07, 6.45) is 0. The second-order valence-corrected chi connectivity index (χ2v) is 6.53. The molecule has 134 valence electrons. The summed E-state index contributed by atoms with van der Waals surface area (Å²) in [5, 5.41) is 3.10. The molecule has 0 aliphatic carbocycles. The molecule has 1 amide bonds. The van der Waals surface area contributed by atoms with Crippen LogP contribution in [-0.2, 0) is 4.79 Å². The Morgan fingerprint density at radius 3 is 2.04 bits per heavy atom. The van der Waals surface area contributed by atoms with Gasteiger partial charge in [0, 0.05) is 12.6 Å². The number of carbonyl (C=O) groups excluding carboxylic acids is 1. The highest BCUT2D eigenvalue weighted by Gasteiger charge is 2.17. The van der Waals surface area contributed by atoms with Gasteiger partial charge in [0.15, 0.2) is 0 Å². The van der Waals surface area contributed by atoms with Crippen LogP contribution < -0.4 is 5.32 Å². The first kappa shape index (κ1) is 19.2. The van der Waals surface area contributed by atoms with Crippen molar-refractivity contribution >= 4 is 5.91 Å². The van der Waals surface area contributed by atoms with Crippen LogP contribution in [-0.4, -0.2) is 36.5 Å². The molecule has 2 unspecified atom stereocenters. The lowest BCUT2D eigenvalue weighted by molar-refractivity contribution is -0.122. The van der Waals surface area contributed by atoms with Crippen molar-refractivity contribution in [3.05, 3.63) is 60.2 Å². The number of likely N-dealkylation sites (N-methyl/N-ethyl adjacent to an activating group) is 1. The van der Waals surface area contributed by atoms with Crippen LogP contribution in [0.3, 0.4) is 0 Å². The van der Waals surface area contributed by atoms with E-state index in [4.69, 9.17) is 0 Å². The third-order valence-electron chi connectivity index (χ3n) is 4.92. The van der Waals surface area contributed by atoms with Gasteiger partial charge < -0.3 is 5.32 Å². The first-order valence-corrected chi connectivity index (χ1v) is 9.23. The van der Waals surface area contributed by atoms with Gasteiger partial charge >= 0.3 is 0 Å². The lowest BCUT2D eigenvalue weighted by Crippen LogP contribution is -2.42. The second-order valence-electron chi connectivity index (χ2n) is 6.53. The van der Waals surface area contributed by atoms with Crippen molar-refractivity contribution in [1.82, 2.24) is 10.2 Å². The van der Waals surface area contributed by atoms with Crippen molar-refractivity contribution in [1.29, 1.82) is 0 Å². The minimum absolute atomic E-state index is 0.0893. The molecular formula is C22H30N2O. The lowest BCUT2D eigenvalue weighted by Gasteiger charge is -2.27. The molecule has 3 heteroatoms. The van der Waals surface area contributed by atoms with Gasteiger partial charge in [-0.15, -0.1) is 0 Å². The molecule has 0 bridgehead atoms. The molecule has 0 spiro atoms. The minimum Gasteiger partial charge on any atom is -0.354 e. The van der Waals surface area contributed by atoms with Gasteiger partial charge in [0.25, 0.3) is 0 Å². The Bertz CT molecular complexity index is 647. The molecule has 0 radical (unpaired) electrons. The van der Waals surface area contributed by atoms with Crippen LogP contribution in [0.4, 0.5) is 0 Å². The lowest BCUT2D eigenvalue weighted by atomic mass is 9.97. The molecule has 0 fully saturated rings. The molecule has 0 aromatic heterocycles. The first-order chi connectivity index (χ1) is 12.1. The van der Waals surface area contributed by atoms with Gasteiger partial charge in [0.1, 0.15) is 0 Å². The maximum Gasteiger partial charge on any atom is 0.227 e. The maximum atomic E-state index is 12.5.